The van der Waals surface area contributed by atoms with Crippen molar-refractivity contribution in [3.05, 3.63) is 31.3 Å². The lowest BCUT2D eigenvalue weighted by Crippen LogP contribution is -2.07. The number of ether oxygens (including phenoxy) is 1. The zero-order valence-electron chi connectivity index (χ0n) is 7.17. The molecule has 14 heavy (non-hydrogen) atoms. The Morgan fingerprint density at radius 1 is 1.64 bits per heavy atom. The zero-order chi connectivity index (χ0) is 10.7. The summed E-state index contributed by atoms with van der Waals surface area (Å²) in [6.45, 7) is 0. The highest BCUT2D eigenvalue weighted by Crippen LogP contribution is 2.25. The minimum atomic E-state index is -0.493. The monoisotopic (exact) mass is 365 g/mol. The van der Waals surface area contributed by atoms with Gasteiger partial charge in [0.05, 0.1) is 18.2 Å². The Labute approximate surface area is 103 Å². The van der Waals surface area contributed by atoms with Crippen LogP contribution in [0.15, 0.2) is 16.6 Å². The van der Waals surface area contributed by atoms with Gasteiger partial charge in [-0.2, -0.15) is 5.26 Å². The third-order valence-electron chi connectivity index (χ3n) is 1.60. The van der Waals surface area contributed by atoms with Crippen molar-refractivity contribution in [3.8, 4) is 6.07 Å². The van der Waals surface area contributed by atoms with Crippen molar-refractivity contribution < 1.29 is 9.53 Å². The van der Waals surface area contributed by atoms with Crippen LogP contribution in [0.3, 0.4) is 0 Å². The van der Waals surface area contributed by atoms with Gasteiger partial charge >= 0.3 is 5.97 Å². The summed E-state index contributed by atoms with van der Waals surface area (Å²) < 4.78 is 5.90. The number of carbonyl (C=O) groups is 1. The number of halogens is 2. The van der Waals surface area contributed by atoms with E-state index in [9.17, 15) is 4.79 Å². The fourth-order valence-corrected chi connectivity index (χ4v) is 2.05. The first-order valence-electron chi connectivity index (χ1n) is 3.58. The van der Waals surface area contributed by atoms with Gasteiger partial charge < -0.3 is 4.74 Å². The molecule has 1 rings (SSSR count). The summed E-state index contributed by atoms with van der Waals surface area (Å²) in [7, 11) is 1.29. The van der Waals surface area contributed by atoms with Gasteiger partial charge in [-0.3, -0.25) is 0 Å². The number of esters is 1. The van der Waals surface area contributed by atoms with Gasteiger partial charge in [-0.15, -0.1) is 0 Å². The summed E-state index contributed by atoms with van der Waals surface area (Å²) in [5.74, 6) is -0.493. The maximum absolute atomic E-state index is 11.4. The molecule has 0 radical (unpaired) electrons. The Morgan fingerprint density at radius 3 is 2.79 bits per heavy atom. The Morgan fingerprint density at radius 2 is 2.29 bits per heavy atom. The second-order valence-corrected chi connectivity index (χ2v) is 4.40. The quantitative estimate of drug-likeness (QED) is 0.568. The average Bonchev–Trinajstić information content (AvgIpc) is 2.19. The number of benzene rings is 1. The van der Waals surface area contributed by atoms with E-state index in [0.717, 1.165) is 0 Å². The highest BCUT2D eigenvalue weighted by Gasteiger charge is 2.17. The smallest absolute Gasteiger partial charge is 0.340 e. The molecule has 0 bridgehead atoms. The molecule has 0 aliphatic heterocycles. The van der Waals surface area contributed by atoms with Crippen molar-refractivity contribution in [2.45, 2.75) is 0 Å². The maximum Gasteiger partial charge on any atom is 0.340 e. The Bertz CT molecular complexity index is 426. The van der Waals surface area contributed by atoms with Crippen LogP contribution in [0.1, 0.15) is 15.9 Å². The minimum absolute atomic E-state index is 0.309. The SMILES string of the molecule is COC(=O)c1c(I)ccc(Br)c1C#N. The van der Waals surface area contributed by atoms with E-state index in [-0.39, 0.29) is 0 Å². The van der Waals surface area contributed by atoms with Gasteiger partial charge in [0.25, 0.3) is 0 Å². The molecule has 0 amide bonds. The number of methoxy groups -OCH3 is 1. The van der Waals surface area contributed by atoms with Crippen molar-refractivity contribution in [2.75, 3.05) is 7.11 Å². The molecule has 1 aromatic rings. The molecule has 0 aromatic heterocycles. The van der Waals surface area contributed by atoms with Gasteiger partial charge in [-0.05, 0) is 50.7 Å². The van der Waals surface area contributed by atoms with E-state index in [1.807, 2.05) is 28.7 Å². The predicted molar refractivity (Wildman–Crippen MR) is 62.9 cm³/mol. The van der Waals surface area contributed by atoms with Crippen LogP contribution in [0.5, 0.6) is 0 Å². The lowest BCUT2D eigenvalue weighted by Gasteiger charge is -2.05. The molecule has 5 heteroatoms. The summed E-state index contributed by atoms with van der Waals surface area (Å²) >= 11 is 5.20. The first-order chi connectivity index (χ1) is 6.61. The molecule has 0 heterocycles. The van der Waals surface area contributed by atoms with Gasteiger partial charge in [0, 0.05) is 8.04 Å². The summed E-state index contributed by atoms with van der Waals surface area (Å²) in [6.07, 6.45) is 0. The van der Waals surface area contributed by atoms with Crippen LogP contribution in [0.2, 0.25) is 0 Å². The van der Waals surface area contributed by atoms with Crippen molar-refractivity contribution in [1.29, 1.82) is 5.26 Å². The largest absolute Gasteiger partial charge is 0.465 e. The molecule has 0 unspecified atom stereocenters. The normalized spacial score (nSPS) is 9.29. The molecule has 3 nitrogen and oxygen atoms in total. The van der Waals surface area contributed by atoms with Gasteiger partial charge in [-0.1, -0.05) is 0 Å². The third kappa shape index (κ3) is 2.07. The number of carbonyl (C=O) groups excluding carboxylic acids is 1. The first kappa shape index (κ1) is 11.5. The van der Waals surface area contributed by atoms with Crippen LogP contribution in [-0.4, -0.2) is 13.1 Å². The van der Waals surface area contributed by atoms with E-state index in [2.05, 4.69) is 20.7 Å². The van der Waals surface area contributed by atoms with E-state index in [0.29, 0.717) is 19.2 Å². The molecule has 0 spiro atoms. The van der Waals surface area contributed by atoms with Crippen molar-refractivity contribution in [3.63, 3.8) is 0 Å². The molecule has 0 saturated carbocycles. The zero-order valence-corrected chi connectivity index (χ0v) is 10.9. The van der Waals surface area contributed by atoms with Crippen molar-refractivity contribution in [2.24, 2.45) is 0 Å². The van der Waals surface area contributed by atoms with Crippen LogP contribution >= 0.6 is 38.5 Å². The highest BCUT2D eigenvalue weighted by molar-refractivity contribution is 14.1. The van der Waals surface area contributed by atoms with Crippen molar-refractivity contribution >= 4 is 44.5 Å². The van der Waals surface area contributed by atoms with Gasteiger partial charge in [0.2, 0.25) is 0 Å². The number of rotatable bonds is 1. The van der Waals surface area contributed by atoms with Crippen molar-refractivity contribution in [1.82, 2.24) is 0 Å². The standard InChI is InChI=1S/C9H5BrINO2/c1-14-9(13)8-5(4-12)6(10)2-3-7(8)11/h2-3H,1H3. The molecule has 0 saturated heterocycles. The fourth-order valence-electron chi connectivity index (χ4n) is 0.963. The Balaban J connectivity index is 3.47. The summed E-state index contributed by atoms with van der Waals surface area (Å²) in [5, 5.41) is 8.88. The van der Waals surface area contributed by atoms with E-state index < -0.39 is 5.97 Å². The third-order valence-corrected chi connectivity index (χ3v) is 3.16. The topological polar surface area (TPSA) is 50.1 Å². The molecule has 0 atom stereocenters. The van der Waals surface area contributed by atoms with E-state index in [1.54, 1.807) is 12.1 Å². The second kappa shape index (κ2) is 4.75. The van der Waals surface area contributed by atoms with Crippen LogP contribution < -0.4 is 0 Å². The molecule has 0 fully saturated rings. The van der Waals surface area contributed by atoms with Gasteiger partial charge in [-0.25, -0.2) is 4.79 Å². The summed E-state index contributed by atoms with van der Waals surface area (Å²) in [4.78, 5) is 11.4. The second-order valence-electron chi connectivity index (χ2n) is 2.38. The predicted octanol–water partition coefficient (Wildman–Crippen LogP) is 2.71. The lowest BCUT2D eigenvalue weighted by atomic mass is 10.1. The van der Waals surface area contributed by atoms with E-state index in [4.69, 9.17) is 5.26 Å². The van der Waals surface area contributed by atoms with Gasteiger partial charge in [0.1, 0.15) is 6.07 Å². The van der Waals surface area contributed by atoms with Crippen LogP contribution in [-0.2, 0) is 4.74 Å². The molecule has 72 valence electrons. The summed E-state index contributed by atoms with van der Waals surface area (Å²) in [5.41, 5.74) is 0.619. The molecular formula is C9H5BrINO2. The molecule has 1 aromatic carbocycles. The number of nitriles is 1. The first-order valence-corrected chi connectivity index (χ1v) is 5.45. The van der Waals surface area contributed by atoms with Crippen LogP contribution in [0.25, 0.3) is 0 Å². The molecule has 0 aliphatic rings. The van der Waals surface area contributed by atoms with E-state index >= 15 is 0 Å². The Hall–Kier alpha value is -0.610. The Kier molecular flexibility index (Phi) is 3.89. The fraction of sp³-hybridized carbons (Fsp3) is 0.111. The lowest BCUT2D eigenvalue weighted by molar-refractivity contribution is 0.0599. The molecule has 0 N–H and O–H groups in total. The van der Waals surface area contributed by atoms with Gasteiger partial charge in [0.15, 0.2) is 0 Å². The van der Waals surface area contributed by atoms with E-state index in [1.165, 1.54) is 7.11 Å². The van der Waals surface area contributed by atoms with Crippen LogP contribution in [0.4, 0.5) is 0 Å². The highest BCUT2D eigenvalue weighted by atomic mass is 127. The number of nitrogens with zero attached hydrogens (tertiary/aromatic N) is 1. The molecular weight excluding hydrogens is 361 g/mol. The maximum atomic E-state index is 11.4. The molecule has 0 aliphatic carbocycles. The van der Waals surface area contributed by atoms with Crippen LogP contribution in [0, 0.1) is 14.9 Å². The minimum Gasteiger partial charge on any atom is -0.465 e. The number of hydrogen-bond acceptors (Lipinski definition) is 3. The average molecular weight is 366 g/mol. The number of hydrogen-bond donors (Lipinski definition) is 0. The summed E-state index contributed by atoms with van der Waals surface area (Å²) in [6, 6.07) is 5.44.